The molecule has 0 saturated heterocycles. The molecule has 1 heterocycles. The molecular weight excluding hydrogens is 376 g/mol. The summed E-state index contributed by atoms with van der Waals surface area (Å²) in [6.07, 6.45) is -0.00386. The Labute approximate surface area is 167 Å². The van der Waals surface area contributed by atoms with E-state index in [9.17, 15) is 9.59 Å². The second-order valence-electron chi connectivity index (χ2n) is 6.27. The summed E-state index contributed by atoms with van der Waals surface area (Å²) in [4.78, 5) is 24.7. The smallest absolute Gasteiger partial charge is 0.305 e. The topological polar surface area (TPSA) is 99.0 Å². The van der Waals surface area contributed by atoms with Gasteiger partial charge < -0.3 is 18.6 Å². The number of benzene rings is 2. The number of methoxy groups -OCH3 is 3. The van der Waals surface area contributed by atoms with Gasteiger partial charge in [0, 0.05) is 10.9 Å². The summed E-state index contributed by atoms with van der Waals surface area (Å²) < 4.78 is 21.4. The van der Waals surface area contributed by atoms with Gasteiger partial charge in [-0.1, -0.05) is 18.2 Å². The van der Waals surface area contributed by atoms with E-state index in [2.05, 4.69) is 10.9 Å². The number of rotatable bonds is 6. The van der Waals surface area contributed by atoms with Crippen LogP contribution in [-0.4, -0.2) is 33.1 Å². The first-order chi connectivity index (χ1) is 14.0. The second kappa shape index (κ2) is 8.55. The average Bonchev–Trinajstić information content (AvgIpc) is 3.08. The van der Waals surface area contributed by atoms with Crippen LogP contribution in [0.3, 0.4) is 0 Å². The zero-order valence-electron chi connectivity index (χ0n) is 16.6. The third kappa shape index (κ3) is 4.11. The highest BCUT2D eigenvalue weighted by atomic mass is 16.5. The van der Waals surface area contributed by atoms with Crippen molar-refractivity contribution in [2.75, 3.05) is 21.3 Å². The van der Waals surface area contributed by atoms with E-state index < -0.39 is 11.8 Å². The highest BCUT2D eigenvalue weighted by Gasteiger charge is 2.19. The maximum absolute atomic E-state index is 12.4. The van der Waals surface area contributed by atoms with Crippen LogP contribution in [-0.2, 0) is 11.2 Å². The van der Waals surface area contributed by atoms with Crippen molar-refractivity contribution < 1.29 is 28.2 Å². The van der Waals surface area contributed by atoms with Gasteiger partial charge in [0.2, 0.25) is 11.7 Å². The van der Waals surface area contributed by atoms with Gasteiger partial charge in [0.1, 0.15) is 5.58 Å². The Hall–Kier alpha value is -3.68. The van der Waals surface area contributed by atoms with Crippen LogP contribution in [0.5, 0.6) is 17.2 Å². The Morgan fingerprint density at radius 2 is 1.62 bits per heavy atom. The minimum absolute atomic E-state index is 0.00386. The molecule has 0 bridgehead atoms. The van der Waals surface area contributed by atoms with Crippen molar-refractivity contribution in [3.63, 3.8) is 0 Å². The summed E-state index contributed by atoms with van der Waals surface area (Å²) in [5.74, 6) is 0.526. The minimum atomic E-state index is -0.531. The van der Waals surface area contributed by atoms with Gasteiger partial charge in [0.15, 0.2) is 17.3 Å². The Bertz CT molecular complexity index is 1030. The molecule has 0 aliphatic carbocycles. The number of aryl methyl sites for hydroxylation is 1. The fraction of sp³-hybridized carbons (Fsp3) is 0.238. The minimum Gasteiger partial charge on any atom is -0.493 e. The Morgan fingerprint density at radius 1 is 0.966 bits per heavy atom. The Morgan fingerprint density at radius 3 is 2.21 bits per heavy atom. The van der Waals surface area contributed by atoms with Crippen LogP contribution >= 0.6 is 0 Å². The number of hydrazine groups is 1. The lowest BCUT2D eigenvalue weighted by molar-refractivity contribution is -0.121. The number of hydrogen-bond acceptors (Lipinski definition) is 6. The number of amides is 2. The van der Waals surface area contributed by atoms with Crippen LogP contribution in [0.25, 0.3) is 11.0 Å². The number of carbonyl (C=O) groups is 2. The van der Waals surface area contributed by atoms with Crippen LogP contribution in [0.2, 0.25) is 0 Å². The van der Waals surface area contributed by atoms with Gasteiger partial charge in [0.25, 0.3) is 0 Å². The van der Waals surface area contributed by atoms with Crippen molar-refractivity contribution >= 4 is 22.8 Å². The molecule has 3 aromatic rings. The summed E-state index contributed by atoms with van der Waals surface area (Å²) in [6, 6.07) is 10.7. The number of nitrogens with one attached hydrogen (secondary N) is 2. The molecule has 0 fully saturated rings. The molecule has 1 aromatic heterocycles. The van der Waals surface area contributed by atoms with E-state index >= 15 is 0 Å². The summed E-state index contributed by atoms with van der Waals surface area (Å²) in [6.45, 7) is 1.79. The molecule has 152 valence electrons. The molecule has 0 aliphatic heterocycles. The summed E-state index contributed by atoms with van der Waals surface area (Å²) in [5, 5.41) is 0.849. The van der Waals surface area contributed by atoms with Crippen molar-refractivity contribution in [1.82, 2.24) is 10.9 Å². The maximum atomic E-state index is 12.4. The van der Waals surface area contributed by atoms with E-state index in [4.69, 9.17) is 18.6 Å². The summed E-state index contributed by atoms with van der Waals surface area (Å²) in [7, 11) is 4.50. The van der Waals surface area contributed by atoms with Crippen LogP contribution in [0.4, 0.5) is 0 Å². The van der Waals surface area contributed by atoms with Crippen molar-refractivity contribution in [2.45, 2.75) is 13.3 Å². The molecule has 0 spiro atoms. The SMILES string of the molecule is COc1cc(CC(=O)NNC(=O)c2oc3ccccc3c2C)cc(OC)c1OC. The fourth-order valence-electron chi connectivity index (χ4n) is 3.04. The summed E-state index contributed by atoms with van der Waals surface area (Å²) in [5.41, 5.74) is 6.72. The molecule has 0 saturated carbocycles. The predicted molar refractivity (Wildman–Crippen MR) is 106 cm³/mol. The van der Waals surface area contributed by atoms with Gasteiger partial charge in [0.05, 0.1) is 27.8 Å². The fourth-order valence-corrected chi connectivity index (χ4v) is 3.04. The van der Waals surface area contributed by atoms with Gasteiger partial charge in [-0.3, -0.25) is 20.4 Å². The molecule has 0 aliphatic rings. The molecular formula is C21H22N2O6. The lowest BCUT2D eigenvalue weighted by atomic mass is 10.1. The monoisotopic (exact) mass is 398 g/mol. The molecule has 2 aromatic carbocycles. The number of fused-ring (bicyclic) bond motifs is 1. The van der Waals surface area contributed by atoms with Crippen LogP contribution in [0, 0.1) is 6.92 Å². The van der Waals surface area contributed by atoms with E-state index in [1.54, 1.807) is 25.1 Å². The summed E-state index contributed by atoms with van der Waals surface area (Å²) >= 11 is 0. The quantitative estimate of drug-likeness (QED) is 0.620. The highest BCUT2D eigenvalue weighted by molar-refractivity contribution is 5.99. The third-order valence-electron chi connectivity index (χ3n) is 4.45. The van der Waals surface area contributed by atoms with Crippen molar-refractivity contribution in [3.8, 4) is 17.2 Å². The van der Waals surface area contributed by atoms with Gasteiger partial charge in [-0.15, -0.1) is 0 Å². The van der Waals surface area contributed by atoms with E-state index in [1.165, 1.54) is 21.3 Å². The van der Waals surface area contributed by atoms with Gasteiger partial charge in [-0.2, -0.15) is 0 Å². The van der Waals surface area contributed by atoms with E-state index in [0.717, 1.165) is 5.39 Å². The van der Waals surface area contributed by atoms with Gasteiger partial charge in [-0.05, 0) is 30.7 Å². The Balaban J connectivity index is 1.68. The molecule has 29 heavy (non-hydrogen) atoms. The molecule has 3 rings (SSSR count). The second-order valence-corrected chi connectivity index (χ2v) is 6.27. The number of hydrogen-bond donors (Lipinski definition) is 2. The molecule has 0 atom stereocenters. The van der Waals surface area contributed by atoms with Gasteiger partial charge in [-0.25, -0.2) is 0 Å². The molecule has 0 radical (unpaired) electrons. The molecule has 2 N–H and O–H groups in total. The predicted octanol–water partition coefficient (Wildman–Crippen LogP) is 2.77. The lowest BCUT2D eigenvalue weighted by Gasteiger charge is -2.14. The first-order valence-corrected chi connectivity index (χ1v) is 8.84. The number of para-hydroxylation sites is 1. The molecule has 8 heteroatoms. The highest BCUT2D eigenvalue weighted by Crippen LogP contribution is 2.38. The Kier molecular flexibility index (Phi) is 5.92. The van der Waals surface area contributed by atoms with Crippen LogP contribution in [0.1, 0.15) is 21.7 Å². The van der Waals surface area contributed by atoms with Crippen molar-refractivity contribution in [3.05, 3.63) is 53.3 Å². The van der Waals surface area contributed by atoms with Crippen molar-refractivity contribution in [2.24, 2.45) is 0 Å². The largest absolute Gasteiger partial charge is 0.493 e. The number of ether oxygens (including phenoxy) is 3. The molecule has 2 amide bonds. The standard InChI is InChI=1S/C21H22N2O6/c1-12-14-7-5-6-8-15(14)29-19(12)21(25)23-22-18(24)11-13-9-16(26-2)20(28-4)17(10-13)27-3/h5-10H,11H2,1-4H3,(H,22,24)(H,23,25). The van der Waals surface area contributed by atoms with E-state index in [0.29, 0.717) is 34.0 Å². The first kappa shape index (κ1) is 20.1. The molecule has 0 unspecified atom stereocenters. The van der Waals surface area contributed by atoms with E-state index in [1.807, 2.05) is 18.2 Å². The lowest BCUT2D eigenvalue weighted by Crippen LogP contribution is -2.42. The number of furan rings is 1. The third-order valence-corrected chi connectivity index (χ3v) is 4.45. The van der Waals surface area contributed by atoms with Crippen molar-refractivity contribution in [1.29, 1.82) is 0 Å². The first-order valence-electron chi connectivity index (χ1n) is 8.84. The zero-order chi connectivity index (χ0) is 21.0. The normalized spacial score (nSPS) is 10.5. The van der Waals surface area contributed by atoms with Crippen LogP contribution in [0.15, 0.2) is 40.8 Å². The van der Waals surface area contributed by atoms with Crippen LogP contribution < -0.4 is 25.1 Å². The van der Waals surface area contributed by atoms with Gasteiger partial charge >= 0.3 is 5.91 Å². The number of carbonyl (C=O) groups excluding carboxylic acids is 2. The average molecular weight is 398 g/mol. The zero-order valence-corrected chi connectivity index (χ0v) is 16.6. The maximum Gasteiger partial charge on any atom is 0.305 e. The molecule has 8 nitrogen and oxygen atoms in total. The van der Waals surface area contributed by atoms with E-state index in [-0.39, 0.29) is 12.2 Å².